The minimum absolute atomic E-state index is 0.282. The maximum atomic E-state index is 12.0. The zero-order valence-corrected chi connectivity index (χ0v) is 25.2. The van der Waals surface area contributed by atoms with Crippen LogP contribution in [0.5, 0.6) is 5.75 Å². The number of methoxy groups -OCH3 is 1. The van der Waals surface area contributed by atoms with E-state index in [2.05, 4.69) is 44.3 Å². The summed E-state index contributed by atoms with van der Waals surface area (Å²) in [4.78, 5) is 12.0. The Morgan fingerprint density at radius 1 is 0.970 bits per heavy atom. The van der Waals surface area contributed by atoms with Crippen LogP contribution < -0.4 is 13.6 Å². The van der Waals surface area contributed by atoms with Crippen molar-refractivity contribution in [2.24, 2.45) is 0 Å². The number of unbranched alkanes of at least 4 members (excludes halogenated alkanes) is 3. The van der Waals surface area contributed by atoms with Crippen LogP contribution in [0, 0.1) is 0 Å². The van der Waals surface area contributed by atoms with Crippen molar-refractivity contribution < 1.29 is 19.0 Å². The van der Waals surface area contributed by atoms with Gasteiger partial charge in [-0.3, -0.25) is 0 Å². The summed E-state index contributed by atoms with van der Waals surface area (Å²) >= 11 is -2.70. The molecule has 190 valence electrons. The minimum atomic E-state index is -2.70. The summed E-state index contributed by atoms with van der Waals surface area (Å²) in [5.41, 5.74) is 0.778. The molecule has 0 spiro atoms. The molecule has 0 atom stereocenters. The molecule has 6 heteroatoms. The van der Waals surface area contributed by atoms with Crippen molar-refractivity contribution >= 4 is 28.0 Å². The molecule has 0 saturated heterocycles. The van der Waals surface area contributed by atoms with Crippen LogP contribution in [0.25, 0.3) is 0 Å². The fourth-order valence-electron chi connectivity index (χ4n) is 4.34. The molecule has 1 aromatic carbocycles. The van der Waals surface area contributed by atoms with Gasteiger partial charge in [-0.05, 0) is 0 Å². The second kappa shape index (κ2) is 15.9. The zero-order chi connectivity index (χ0) is 24.7. The van der Waals surface area contributed by atoms with Crippen LogP contribution in [0.4, 0.5) is 4.79 Å². The molecule has 0 aliphatic carbocycles. The van der Waals surface area contributed by atoms with E-state index >= 15 is 0 Å². The van der Waals surface area contributed by atoms with Crippen LogP contribution in [0.2, 0.25) is 13.3 Å². The molecule has 1 N–H and O–H groups in total. The van der Waals surface area contributed by atoms with E-state index in [1.54, 1.807) is 7.11 Å². The Hall–Kier alpha value is -0.951. The van der Waals surface area contributed by atoms with E-state index < -0.39 is 24.0 Å². The van der Waals surface area contributed by atoms with E-state index in [4.69, 9.17) is 14.2 Å². The predicted molar refractivity (Wildman–Crippen MR) is 141 cm³/mol. The molecule has 1 aromatic rings. The third kappa shape index (κ3) is 11.3. The van der Waals surface area contributed by atoms with Crippen LogP contribution in [0.3, 0.4) is 0 Å². The van der Waals surface area contributed by atoms with Crippen LogP contribution in [0.1, 0.15) is 85.6 Å². The number of alkyl carbamates (subject to hydrolysis) is 1. The molecule has 1 rings (SSSR count). The molecule has 0 aliphatic heterocycles. The molecule has 33 heavy (non-hydrogen) atoms. The van der Waals surface area contributed by atoms with Crippen LogP contribution in [-0.4, -0.2) is 50.5 Å². The van der Waals surface area contributed by atoms with E-state index in [0.717, 1.165) is 12.2 Å². The average molecular weight is 570 g/mol. The van der Waals surface area contributed by atoms with Gasteiger partial charge < -0.3 is 0 Å². The average Bonchev–Trinajstić information content (AvgIpc) is 2.76. The summed E-state index contributed by atoms with van der Waals surface area (Å²) < 4.78 is 22.4. The maximum absolute atomic E-state index is 12.0. The van der Waals surface area contributed by atoms with Crippen molar-refractivity contribution in [1.82, 2.24) is 5.32 Å². The summed E-state index contributed by atoms with van der Waals surface area (Å²) in [7, 11) is 1.68. The van der Waals surface area contributed by atoms with Crippen molar-refractivity contribution in [2.75, 3.05) is 20.4 Å². The van der Waals surface area contributed by atoms with Crippen LogP contribution in [0.15, 0.2) is 18.2 Å². The van der Waals surface area contributed by atoms with E-state index in [1.165, 1.54) is 61.0 Å². The van der Waals surface area contributed by atoms with Gasteiger partial charge in [-0.2, -0.15) is 0 Å². The first-order chi connectivity index (χ1) is 15.7. The number of benzene rings is 1. The topological polar surface area (TPSA) is 56.8 Å². The molecule has 0 aromatic heterocycles. The van der Waals surface area contributed by atoms with E-state index in [0.29, 0.717) is 6.54 Å². The Morgan fingerprint density at radius 3 is 2.03 bits per heavy atom. The molecule has 0 aliphatic rings. The van der Waals surface area contributed by atoms with E-state index in [1.807, 2.05) is 20.8 Å². The Balaban J connectivity index is 3.21. The quantitative estimate of drug-likeness (QED) is 0.176. The van der Waals surface area contributed by atoms with Crippen molar-refractivity contribution in [3.05, 3.63) is 23.8 Å². The second-order valence-corrected chi connectivity index (χ2v) is 23.3. The number of hydrogen-bond acceptors (Lipinski definition) is 4. The molecule has 0 radical (unpaired) electrons. The molecular formula is C27H49NO4Sn. The standard InChI is InChI=1S/C15H22NO4.3C4H9.Sn/c1-15(2,3)20-14(17)16-10-9-12-5-7-13(8-6-12)19-11-18-4;3*1-3-4-2;/h5-7H,9-11H2,1-4H3,(H,16,17);3*1,3-4H2,2H3;. The van der Waals surface area contributed by atoms with Gasteiger partial charge in [-0.25, -0.2) is 0 Å². The van der Waals surface area contributed by atoms with Gasteiger partial charge in [0.15, 0.2) is 0 Å². The van der Waals surface area contributed by atoms with Gasteiger partial charge in [0.1, 0.15) is 0 Å². The number of ether oxygens (including phenoxy) is 3. The zero-order valence-electron chi connectivity index (χ0n) is 22.4. The van der Waals surface area contributed by atoms with Crippen molar-refractivity contribution in [3.63, 3.8) is 0 Å². The van der Waals surface area contributed by atoms with Gasteiger partial charge in [0.25, 0.3) is 0 Å². The Bertz CT molecular complexity index is 665. The summed E-state index contributed by atoms with van der Waals surface area (Å²) in [5, 5.41) is 2.90. The summed E-state index contributed by atoms with van der Waals surface area (Å²) in [6.07, 6.45) is 8.06. The van der Waals surface area contributed by atoms with Gasteiger partial charge in [0.2, 0.25) is 0 Å². The molecule has 0 unspecified atom stereocenters. The Kier molecular flexibility index (Phi) is 14.5. The third-order valence-corrected chi connectivity index (χ3v) is 21.7. The Labute approximate surface area is 207 Å². The van der Waals surface area contributed by atoms with Gasteiger partial charge in [-0.15, -0.1) is 0 Å². The first-order valence-electron chi connectivity index (χ1n) is 12.9. The van der Waals surface area contributed by atoms with Gasteiger partial charge in [-0.1, -0.05) is 0 Å². The first kappa shape index (κ1) is 30.1. The van der Waals surface area contributed by atoms with Crippen molar-refractivity contribution in [3.8, 4) is 5.75 Å². The number of amides is 1. The first-order valence-corrected chi connectivity index (χ1v) is 20.4. The second-order valence-electron chi connectivity index (χ2n) is 10.2. The third-order valence-electron chi connectivity index (χ3n) is 6.06. The summed E-state index contributed by atoms with van der Waals surface area (Å²) in [6.45, 7) is 13.4. The molecule has 0 saturated carbocycles. The SMILES string of the molecule is CCC[CH2][Sn]([CH2]CCC)([CH2]CCC)[c]1cc(CCNC(=O)OC(C)(C)C)ccc1OCOC. The van der Waals surface area contributed by atoms with Gasteiger partial charge >= 0.3 is 208 Å². The fraction of sp³-hybridized carbons (Fsp3) is 0.741. The normalized spacial score (nSPS) is 12.0. The molecule has 5 nitrogen and oxygen atoms in total. The molecule has 0 bridgehead atoms. The fourth-order valence-corrected chi connectivity index (χ4v) is 21.0. The monoisotopic (exact) mass is 571 g/mol. The molecule has 0 fully saturated rings. The van der Waals surface area contributed by atoms with Crippen molar-refractivity contribution in [2.45, 2.75) is 105 Å². The van der Waals surface area contributed by atoms with E-state index in [-0.39, 0.29) is 12.9 Å². The van der Waals surface area contributed by atoms with Gasteiger partial charge in [0.05, 0.1) is 0 Å². The molecule has 1 amide bonds. The van der Waals surface area contributed by atoms with E-state index in [9.17, 15) is 4.79 Å². The predicted octanol–water partition coefficient (Wildman–Crippen LogP) is 6.79. The Morgan fingerprint density at radius 2 is 1.55 bits per heavy atom. The number of carbonyl (C=O) groups is 1. The molecular weight excluding hydrogens is 521 g/mol. The molecule has 0 heterocycles. The van der Waals surface area contributed by atoms with Gasteiger partial charge in [0, 0.05) is 0 Å². The number of nitrogens with one attached hydrogen (secondary N) is 1. The number of rotatable bonds is 16. The summed E-state index contributed by atoms with van der Waals surface area (Å²) in [6, 6.07) is 6.70. The summed E-state index contributed by atoms with van der Waals surface area (Å²) in [5.74, 6) is 1.03. The number of hydrogen-bond donors (Lipinski definition) is 1. The van der Waals surface area contributed by atoms with Crippen LogP contribution >= 0.6 is 0 Å². The number of carbonyl (C=O) groups excluding carboxylic acids is 1. The van der Waals surface area contributed by atoms with Crippen LogP contribution in [-0.2, 0) is 15.9 Å². The van der Waals surface area contributed by atoms with Crippen molar-refractivity contribution in [1.29, 1.82) is 0 Å².